The molecule has 2 aromatic carbocycles. The lowest BCUT2D eigenvalue weighted by molar-refractivity contribution is -0.134. The first-order valence-electron chi connectivity index (χ1n) is 9.16. The zero-order valence-corrected chi connectivity index (χ0v) is 16.4. The van der Waals surface area contributed by atoms with Gasteiger partial charge in [-0.1, -0.05) is 30.3 Å². The number of nitrogens with zero attached hydrogens (tertiary/aromatic N) is 2. The Labute approximate surface area is 169 Å². The number of nitrogens with two attached hydrogens (primary N) is 1. The van der Waals surface area contributed by atoms with Gasteiger partial charge in [-0.15, -0.1) is 0 Å². The first kappa shape index (κ1) is 20.2. The summed E-state index contributed by atoms with van der Waals surface area (Å²) in [6.45, 7) is 2.04. The molecule has 0 aliphatic carbocycles. The third-order valence-corrected chi connectivity index (χ3v) is 4.77. The van der Waals surface area contributed by atoms with Crippen molar-refractivity contribution in [3.05, 3.63) is 59.7 Å². The Morgan fingerprint density at radius 1 is 1.28 bits per heavy atom. The largest absolute Gasteiger partial charge is 0.508 e. The highest BCUT2D eigenvalue weighted by Gasteiger charge is 2.45. The van der Waals surface area contributed by atoms with E-state index < -0.39 is 5.54 Å². The van der Waals surface area contributed by atoms with E-state index in [-0.39, 0.29) is 43.0 Å². The average molecular weight is 396 g/mol. The number of aromatic hydroxyl groups is 1. The van der Waals surface area contributed by atoms with E-state index in [0.717, 1.165) is 5.56 Å². The first-order valence-corrected chi connectivity index (χ1v) is 9.16. The van der Waals surface area contributed by atoms with Crippen LogP contribution in [0.1, 0.15) is 24.5 Å². The van der Waals surface area contributed by atoms with Crippen molar-refractivity contribution < 1.29 is 19.4 Å². The molecule has 8 heteroatoms. The van der Waals surface area contributed by atoms with Gasteiger partial charge in [-0.2, -0.15) is 0 Å². The van der Waals surface area contributed by atoms with Crippen LogP contribution in [0.25, 0.3) is 0 Å². The molecule has 0 bridgehead atoms. The molecule has 1 unspecified atom stereocenters. The fourth-order valence-corrected chi connectivity index (χ4v) is 3.28. The number of ether oxygens (including phenoxy) is 1. The summed E-state index contributed by atoms with van der Waals surface area (Å²) in [7, 11) is 1.57. The quantitative estimate of drug-likeness (QED) is 0.656. The van der Waals surface area contributed by atoms with Gasteiger partial charge < -0.3 is 20.9 Å². The van der Waals surface area contributed by atoms with Crippen molar-refractivity contribution in [3.8, 4) is 11.5 Å². The number of hydrogen-bond donors (Lipinski definition) is 3. The molecule has 1 atom stereocenters. The second-order valence-corrected chi connectivity index (χ2v) is 7.07. The van der Waals surface area contributed by atoms with E-state index in [2.05, 4.69) is 10.3 Å². The van der Waals surface area contributed by atoms with Gasteiger partial charge in [-0.05, 0) is 30.7 Å². The smallest absolute Gasteiger partial charge is 0.257 e. The number of methoxy groups -OCH3 is 1. The van der Waals surface area contributed by atoms with Gasteiger partial charge in [0.1, 0.15) is 17.0 Å². The number of guanidine groups is 1. The molecule has 1 aliphatic heterocycles. The molecule has 1 aliphatic rings. The first-order chi connectivity index (χ1) is 13.8. The van der Waals surface area contributed by atoms with E-state index in [4.69, 9.17) is 10.5 Å². The third-order valence-electron chi connectivity index (χ3n) is 4.77. The molecule has 2 amide bonds. The standard InChI is InChI=1S/C21H24N4O4/c1-21(11-18(27)23-12-15-7-3-4-9-17(15)29-2)19(28)25(20(22)24-21)13-14-6-5-8-16(26)10-14/h3-10,26H,11-13H2,1-2H3,(H2,22,24)(H,23,27). The maximum Gasteiger partial charge on any atom is 0.257 e. The van der Waals surface area contributed by atoms with Crippen molar-refractivity contribution >= 4 is 17.8 Å². The summed E-state index contributed by atoms with van der Waals surface area (Å²) in [5.74, 6) is 0.158. The predicted molar refractivity (Wildman–Crippen MR) is 108 cm³/mol. The molecule has 0 saturated carbocycles. The van der Waals surface area contributed by atoms with Gasteiger partial charge in [0.15, 0.2) is 5.96 Å². The van der Waals surface area contributed by atoms with Crippen molar-refractivity contribution in [3.63, 3.8) is 0 Å². The Hall–Kier alpha value is -3.55. The van der Waals surface area contributed by atoms with Gasteiger partial charge >= 0.3 is 0 Å². The minimum atomic E-state index is -1.27. The third kappa shape index (κ3) is 4.48. The van der Waals surface area contributed by atoms with Gasteiger partial charge in [0.2, 0.25) is 5.91 Å². The molecule has 0 spiro atoms. The highest BCUT2D eigenvalue weighted by atomic mass is 16.5. The van der Waals surface area contributed by atoms with Gasteiger partial charge in [0.25, 0.3) is 5.91 Å². The van der Waals surface area contributed by atoms with Crippen molar-refractivity contribution in [2.24, 2.45) is 10.7 Å². The molecule has 0 saturated heterocycles. The van der Waals surface area contributed by atoms with Gasteiger partial charge in [0, 0.05) is 12.1 Å². The molecule has 8 nitrogen and oxygen atoms in total. The molecular formula is C21H24N4O4. The van der Waals surface area contributed by atoms with Crippen LogP contribution < -0.4 is 15.8 Å². The monoisotopic (exact) mass is 396 g/mol. The highest BCUT2D eigenvalue weighted by Crippen LogP contribution is 2.27. The van der Waals surface area contributed by atoms with Crippen LogP contribution in [0.5, 0.6) is 11.5 Å². The average Bonchev–Trinajstić information content (AvgIpc) is 2.89. The maximum atomic E-state index is 12.9. The minimum Gasteiger partial charge on any atom is -0.508 e. The molecule has 0 fully saturated rings. The summed E-state index contributed by atoms with van der Waals surface area (Å²) in [6, 6.07) is 13.9. The van der Waals surface area contributed by atoms with E-state index in [1.807, 2.05) is 24.3 Å². The minimum absolute atomic E-state index is 0.0540. The normalized spacial score (nSPS) is 18.5. The summed E-state index contributed by atoms with van der Waals surface area (Å²) in [5, 5.41) is 12.4. The van der Waals surface area contributed by atoms with Crippen LogP contribution >= 0.6 is 0 Å². The Kier molecular flexibility index (Phi) is 5.72. The molecule has 0 radical (unpaired) electrons. The van der Waals surface area contributed by atoms with Crippen LogP contribution in [-0.4, -0.2) is 40.4 Å². The molecular weight excluding hydrogens is 372 g/mol. The summed E-state index contributed by atoms with van der Waals surface area (Å²) in [4.78, 5) is 31.0. The summed E-state index contributed by atoms with van der Waals surface area (Å²) >= 11 is 0. The number of amides is 2. The van der Waals surface area contributed by atoms with E-state index in [0.29, 0.717) is 11.3 Å². The molecule has 3 rings (SSSR count). The van der Waals surface area contributed by atoms with Crippen molar-refractivity contribution in [1.82, 2.24) is 10.2 Å². The Morgan fingerprint density at radius 2 is 2.03 bits per heavy atom. The number of benzene rings is 2. The number of aliphatic imine (C=N–C) groups is 1. The lowest BCUT2D eigenvalue weighted by Gasteiger charge is -2.22. The van der Waals surface area contributed by atoms with E-state index >= 15 is 0 Å². The lowest BCUT2D eigenvalue weighted by Crippen LogP contribution is -2.44. The SMILES string of the molecule is COc1ccccc1CNC(=O)CC1(C)N=C(N)N(Cc2cccc(O)c2)C1=O. The predicted octanol–water partition coefficient (Wildman–Crippen LogP) is 1.52. The lowest BCUT2D eigenvalue weighted by atomic mass is 9.97. The van der Waals surface area contributed by atoms with Crippen LogP contribution in [0.3, 0.4) is 0 Å². The highest BCUT2D eigenvalue weighted by molar-refractivity contribution is 6.08. The number of nitrogens with one attached hydrogen (secondary N) is 1. The zero-order chi connectivity index (χ0) is 21.0. The number of phenolic OH excluding ortho intramolecular Hbond substituents is 1. The number of phenols is 1. The molecule has 1 heterocycles. The fraction of sp³-hybridized carbons (Fsp3) is 0.286. The number of carbonyl (C=O) groups is 2. The summed E-state index contributed by atoms with van der Waals surface area (Å²) in [5.41, 5.74) is 6.22. The second-order valence-electron chi connectivity index (χ2n) is 7.07. The molecule has 152 valence electrons. The summed E-state index contributed by atoms with van der Waals surface area (Å²) in [6.07, 6.45) is -0.127. The Balaban J connectivity index is 1.64. The number of carbonyl (C=O) groups excluding carboxylic acids is 2. The van der Waals surface area contributed by atoms with E-state index in [1.54, 1.807) is 38.3 Å². The molecule has 2 aromatic rings. The van der Waals surface area contributed by atoms with Crippen LogP contribution in [0, 0.1) is 0 Å². The maximum absolute atomic E-state index is 12.9. The number of rotatable bonds is 7. The van der Waals surface area contributed by atoms with Crippen LogP contribution in [-0.2, 0) is 22.7 Å². The van der Waals surface area contributed by atoms with Gasteiger partial charge in [-0.3, -0.25) is 14.5 Å². The summed E-state index contributed by atoms with van der Waals surface area (Å²) < 4.78 is 5.27. The van der Waals surface area contributed by atoms with Crippen LogP contribution in [0.15, 0.2) is 53.5 Å². The van der Waals surface area contributed by atoms with Crippen molar-refractivity contribution in [1.29, 1.82) is 0 Å². The van der Waals surface area contributed by atoms with E-state index in [1.165, 1.54) is 4.90 Å². The topological polar surface area (TPSA) is 117 Å². The Bertz CT molecular complexity index is 959. The zero-order valence-electron chi connectivity index (χ0n) is 16.4. The molecule has 0 aromatic heterocycles. The van der Waals surface area contributed by atoms with Crippen LogP contribution in [0.2, 0.25) is 0 Å². The van der Waals surface area contributed by atoms with Gasteiger partial charge in [-0.25, -0.2) is 4.99 Å². The number of para-hydroxylation sites is 1. The Morgan fingerprint density at radius 3 is 2.76 bits per heavy atom. The molecule has 29 heavy (non-hydrogen) atoms. The number of hydrogen-bond acceptors (Lipinski definition) is 6. The van der Waals surface area contributed by atoms with E-state index in [9.17, 15) is 14.7 Å². The van der Waals surface area contributed by atoms with Crippen LogP contribution in [0.4, 0.5) is 0 Å². The molecule has 4 N–H and O–H groups in total. The second kappa shape index (κ2) is 8.22. The fourth-order valence-electron chi connectivity index (χ4n) is 3.28. The van der Waals surface area contributed by atoms with Crippen molar-refractivity contribution in [2.75, 3.05) is 7.11 Å². The van der Waals surface area contributed by atoms with Gasteiger partial charge in [0.05, 0.1) is 20.1 Å². The van der Waals surface area contributed by atoms with Crippen molar-refractivity contribution in [2.45, 2.75) is 32.0 Å².